The van der Waals surface area contributed by atoms with Gasteiger partial charge in [-0.25, -0.2) is 0 Å². The zero-order valence-electron chi connectivity index (χ0n) is 18.4. The van der Waals surface area contributed by atoms with E-state index in [0.717, 1.165) is 22.9 Å². The molecule has 1 amide bonds. The quantitative estimate of drug-likeness (QED) is 0.259. The molecule has 0 aliphatic rings. The molecule has 0 spiro atoms. The summed E-state index contributed by atoms with van der Waals surface area (Å²) in [5.74, 6) is -0.424. The van der Waals surface area contributed by atoms with E-state index in [-0.39, 0.29) is 28.3 Å². The lowest BCUT2D eigenvalue weighted by atomic mass is 9.86. The Labute approximate surface area is 200 Å². The number of aromatic nitrogens is 2. The van der Waals surface area contributed by atoms with Crippen molar-refractivity contribution in [1.29, 1.82) is 0 Å². The van der Waals surface area contributed by atoms with Gasteiger partial charge >= 0.3 is 0 Å². The van der Waals surface area contributed by atoms with Crippen molar-refractivity contribution in [2.24, 2.45) is 0 Å². The SMILES string of the molecule is COc1ccc(NC(=O)CSc2nc(O)c(C(c3ccccc3)c3ccccc3)c(=O)[nH]2)cc1. The number of carbonyl (C=O) groups is 1. The molecule has 0 radical (unpaired) electrons. The van der Waals surface area contributed by atoms with Gasteiger partial charge in [-0.15, -0.1) is 0 Å². The van der Waals surface area contributed by atoms with E-state index in [0.29, 0.717) is 11.4 Å². The van der Waals surface area contributed by atoms with Crippen molar-refractivity contribution in [3.05, 3.63) is 112 Å². The summed E-state index contributed by atoms with van der Waals surface area (Å²) in [5.41, 5.74) is 2.04. The Balaban J connectivity index is 1.54. The Kier molecular flexibility index (Phi) is 7.29. The first-order valence-electron chi connectivity index (χ1n) is 10.5. The predicted molar refractivity (Wildman–Crippen MR) is 133 cm³/mol. The third-order valence-corrected chi connectivity index (χ3v) is 6.05. The van der Waals surface area contributed by atoms with Crippen LogP contribution in [0.15, 0.2) is 94.9 Å². The molecule has 0 unspecified atom stereocenters. The second-order valence-corrected chi connectivity index (χ2v) is 8.39. The van der Waals surface area contributed by atoms with Crippen molar-refractivity contribution < 1.29 is 14.6 Å². The Morgan fingerprint density at radius 1 is 1.00 bits per heavy atom. The molecular weight excluding hydrogens is 450 g/mol. The van der Waals surface area contributed by atoms with Crippen LogP contribution in [0.25, 0.3) is 0 Å². The summed E-state index contributed by atoms with van der Waals surface area (Å²) in [6, 6.07) is 25.9. The first-order valence-corrected chi connectivity index (χ1v) is 11.5. The lowest BCUT2D eigenvalue weighted by molar-refractivity contribution is -0.113. The van der Waals surface area contributed by atoms with E-state index in [4.69, 9.17) is 4.74 Å². The number of aromatic hydroxyl groups is 1. The average Bonchev–Trinajstić information content (AvgIpc) is 2.86. The molecule has 4 rings (SSSR count). The number of rotatable bonds is 8. The molecule has 0 saturated heterocycles. The molecule has 172 valence electrons. The second-order valence-electron chi connectivity index (χ2n) is 7.43. The Hall–Kier alpha value is -4.04. The van der Waals surface area contributed by atoms with E-state index in [9.17, 15) is 14.7 Å². The summed E-state index contributed by atoms with van der Waals surface area (Å²) >= 11 is 1.03. The number of H-pyrrole nitrogens is 1. The molecule has 0 aliphatic carbocycles. The van der Waals surface area contributed by atoms with Crippen LogP contribution >= 0.6 is 11.8 Å². The molecule has 0 aliphatic heterocycles. The van der Waals surface area contributed by atoms with Crippen LogP contribution in [-0.4, -0.2) is 33.8 Å². The van der Waals surface area contributed by atoms with Gasteiger partial charge in [0.25, 0.3) is 5.56 Å². The molecule has 34 heavy (non-hydrogen) atoms. The highest BCUT2D eigenvalue weighted by atomic mass is 32.2. The van der Waals surface area contributed by atoms with Crippen molar-refractivity contribution >= 4 is 23.4 Å². The lowest BCUT2D eigenvalue weighted by Gasteiger charge is -2.18. The summed E-state index contributed by atoms with van der Waals surface area (Å²) in [7, 11) is 1.57. The molecule has 0 bridgehead atoms. The zero-order chi connectivity index (χ0) is 23.9. The monoisotopic (exact) mass is 473 g/mol. The number of anilines is 1. The smallest absolute Gasteiger partial charge is 0.259 e. The Morgan fingerprint density at radius 3 is 2.12 bits per heavy atom. The summed E-state index contributed by atoms with van der Waals surface area (Å²) in [4.78, 5) is 32.3. The van der Waals surface area contributed by atoms with E-state index in [1.807, 2.05) is 60.7 Å². The van der Waals surface area contributed by atoms with Crippen molar-refractivity contribution in [3.8, 4) is 11.6 Å². The molecule has 1 aromatic heterocycles. The van der Waals surface area contributed by atoms with Crippen LogP contribution < -0.4 is 15.6 Å². The van der Waals surface area contributed by atoms with Crippen LogP contribution in [-0.2, 0) is 4.79 Å². The van der Waals surface area contributed by atoms with E-state index in [1.165, 1.54) is 0 Å². The minimum atomic E-state index is -0.490. The molecule has 0 atom stereocenters. The average molecular weight is 474 g/mol. The van der Waals surface area contributed by atoms with Crippen LogP contribution in [0.3, 0.4) is 0 Å². The van der Waals surface area contributed by atoms with Crippen LogP contribution in [0.1, 0.15) is 22.6 Å². The maximum atomic E-state index is 13.1. The number of hydrogen-bond donors (Lipinski definition) is 3. The standard InChI is InChI=1S/C26H23N3O4S/c1-33-20-14-12-19(13-15-20)27-21(30)16-34-26-28-24(31)23(25(32)29-26)22(17-8-4-2-5-9-17)18-10-6-3-7-11-18/h2-15,22H,16H2,1H3,(H,27,30)(H2,28,29,31,32). The van der Waals surface area contributed by atoms with Gasteiger partial charge in [0.1, 0.15) is 5.75 Å². The topological polar surface area (TPSA) is 104 Å². The number of nitrogens with zero attached hydrogens (tertiary/aromatic N) is 1. The summed E-state index contributed by atoms with van der Waals surface area (Å²) in [6.07, 6.45) is 0. The van der Waals surface area contributed by atoms with Crippen LogP contribution in [0, 0.1) is 0 Å². The van der Waals surface area contributed by atoms with Crippen molar-refractivity contribution in [2.75, 3.05) is 18.2 Å². The van der Waals surface area contributed by atoms with E-state index >= 15 is 0 Å². The van der Waals surface area contributed by atoms with Gasteiger partial charge in [0, 0.05) is 11.6 Å². The number of thioether (sulfide) groups is 1. The molecular formula is C26H23N3O4S. The second kappa shape index (κ2) is 10.7. The van der Waals surface area contributed by atoms with Gasteiger partial charge in [0.2, 0.25) is 11.8 Å². The van der Waals surface area contributed by atoms with Crippen LogP contribution in [0.4, 0.5) is 5.69 Å². The summed E-state index contributed by atoms with van der Waals surface area (Å²) < 4.78 is 5.10. The third-order valence-electron chi connectivity index (χ3n) is 5.18. The van der Waals surface area contributed by atoms with E-state index in [2.05, 4.69) is 15.3 Å². The number of nitrogens with one attached hydrogen (secondary N) is 2. The number of hydrogen-bond acceptors (Lipinski definition) is 6. The zero-order valence-corrected chi connectivity index (χ0v) is 19.2. The highest BCUT2D eigenvalue weighted by Gasteiger charge is 2.25. The van der Waals surface area contributed by atoms with Crippen molar-refractivity contribution in [1.82, 2.24) is 9.97 Å². The predicted octanol–water partition coefficient (Wildman–Crippen LogP) is 4.40. The molecule has 4 aromatic rings. The molecule has 0 saturated carbocycles. The summed E-state index contributed by atoms with van der Waals surface area (Å²) in [6.45, 7) is 0. The van der Waals surface area contributed by atoms with Crippen molar-refractivity contribution in [2.45, 2.75) is 11.1 Å². The van der Waals surface area contributed by atoms with Crippen LogP contribution in [0.2, 0.25) is 0 Å². The maximum Gasteiger partial charge on any atom is 0.259 e. The number of carbonyl (C=O) groups excluding carboxylic acids is 1. The number of benzene rings is 3. The maximum absolute atomic E-state index is 13.1. The number of methoxy groups -OCH3 is 1. The molecule has 8 heteroatoms. The van der Waals surface area contributed by atoms with Crippen LogP contribution in [0.5, 0.6) is 11.6 Å². The molecule has 3 N–H and O–H groups in total. The van der Waals surface area contributed by atoms with Crippen molar-refractivity contribution in [3.63, 3.8) is 0 Å². The highest BCUT2D eigenvalue weighted by Crippen LogP contribution is 2.34. The van der Waals surface area contributed by atoms with Gasteiger partial charge in [0.05, 0.1) is 18.4 Å². The Morgan fingerprint density at radius 2 is 1.59 bits per heavy atom. The molecule has 0 fully saturated rings. The van der Waals surface area contributed by atoms with Gasteiger partial charge in [-0.1, -0.05) is 72.4 Å². The lowest BCUT2D eigenvalue weighted by Crippen LogP contribution is -2.21. The van der Waals surface area contributed by atoms with Gasteiger partial charge in [-0.2, -0.15) is 4.98 Å². The molecule has 3 aromatic carbocycles. The fourth-order valence-corrected chi connectivity index (χ4v) is 4.26. The fourth-order valence-electron chi connectivity index (χ4n) is 3.60. The first kappa shape index (κ1) is 23.1. The van der Waals surface area contributed by atoms with Gasteiger partial charge in [-0.3, -0.25) is 9.59 Å². The molecule has 7 nitrogen and oxygen atoms in total. The minimum absolute atomic E-state index is 0.00849. The normalized spacial score (nSPS) is 10.8. The number of aromatic amines is 1. The number of amides is 1. The molecule has 1 heterocycles. The number of ether oxygens (including phenoxy) is 1. The fraction of sp³-hybridized carbons (Fsp3) is 0.115. The largest absolute Gasteiger partial charge is 0.497 e. The van der Waals surface area contributed by atoms with Gasteiger partial charge < -0.3 is 20.1 Å². The van der Waals surface area contributed by atoms with E-state index < -0.39 is 11.5 Å². The summed E-state index contributed by atoms with van der Waals surface area (Å²) in [5, 5.41) is 13.7. The Bertz CT molecular complexity index is 1270. The highest BCUT2D eigenvalue weighted by molar-refractivity contribution is 7.99. The van der Waals surface area contributed by atoms with Gasteiger partial charge in [0.15, 0.2) is 5.16 Å². The minimum Gasteiger partial charge on any atom is -0.497 e. The third kappa shape index (κ3) is 5.47. The van der Waals surface area contributed by atoms with Gasteiger partial charge in [-0.05, 0) is 35.4 Å². The first-order chi connectivity index (χ1) is 16.5. The van der Waals surface area contributed by atoms with E-state index in [1.54, 1.807) is 31.4 Å².